The molecule has 0 aliphatic rings. The van der Waals surface area contributed by atoms with Crippen LogP contribution in [0.2, 0.25) is 0 Å². The van der Waals surface area contributed by atoms with Crippen molar-refractivity contribution in [2.75, 3.05) is 0 Å². The van der Waals surface area contributed by atoms with Crippen LogP contribution < -0.4 is 0 Å². The summed E-state index contributed by atoms with van der Waals surface area (Å²) in [6.07, 6.45) is 3.95. The van der Waals surface area contributed by atoms with E-state index in [1.807, 2.05) is 48.6 Å². The quantitative estimate of drug-likeness (QED) is 0.749. The Hall–Kier alpha value is -2.32. The van der Waals surface area contributed by atoms with Gasteiger partial charge in [-0.3, -0.25) is 0 Å². The number of nitrogens with zero attached hydrogens (tertiary/aromatic N) is 1. The summed E-state index contributed by atoms with van der Waals surface area (Å²) >= 11 is 0. The predicted octanol–water partition coefficient (Wildman–Crippen LogP) is 4.53. The highest BCUT2D eigenvalue weighted by Crippen LogP contribution is 2.15. The van der Waals surface area contributed by atoms with E-state index in [9.17, 15) is 5.11 Å². The van der Waals surface area contributed by atoms with E-state index in [2.05, 4.69) is 17.1 Å². The smallest absolute Gasteiger partial charge is 0.115 e. The average molecular weight is 284 g/mol. The van der Waals surface area contributed by atoms with Gasteiger partial charge in [0.05, 0.1) is 11.2 Å². The van der Waals surface area contributed by atoms with Crippen LogP contribution in [0.3, 0.4) is 0 Å². The molecule has 3 rings (SSSR count). The van der Waals surface area contributed by atoms with Gasteiger partial charge in [0.25, 0.3) is 0 Å². The lowest BCUT2D eigenvalue weighted by Crippen LogP contribution is -1.82. The lowest BCUT2D eigenvalue weighted by atomic mass is 10.1. The molecule has 1 aromatic heterocycles. The van der Waals surface area contributed by atoms with E-state index in [0.717, 1.165) is 22.2 Å². The number of rotatable bonds is 2. The number of hydrogen-bond donors (Lipinski definition) is 1. The molecular weight excluding hydrogens is 270 g/mol. The number of halogens is 1. The van der Waals surface area contributed by atoms with E-state index >= 15 is 0 Å². The molecule has 2 nitrogen and oxygen atoms in total. The van der Waals surface area contributed by atoms with Gasteiger partial charge < -0.3 is 5.11 Å². The standard InChI is InChI=1S/C17H13NO.ClH/c19-16-11-6-13(7-12-16)5-9-15-10-8-14-3-1-2-4-17(14)18-15;/h1-12,19H;1H. The molecule has 0 fully saturated rings. The molecule has 20 heavy (non-hydrogen) atoms. The van der Waals surface area contributed by atoms with Crippen LogP contribution in [-0.4, -0.2) is 10.1 Å². The number of hydrogen-bond acceptors (Lipinski definition) is 2. The molecule has 0 bridgehead atoms. The van der Waals surface area contributed by atoms with Gasteiger partial charge in [-0.25, -0.2) is 4.98 Å². The van der Waals surface area contributed by atoms with Crippen molar-refractivity contribution in [3.05, 3.63) is 71.9 Å². The highest BCUT2D eigenvalue weighted by atomic mass is 35.5. The molecule has 3 heteroatoms. The zero-order valence-electron chi connectivity index (χ0n) is 10.7. The summed E-state index contributed by atoms with van der Waals surface area (Å²) in [5.74, 6) is 0.279. The van der Waals surface area contributed by atoms with Gasteiger partial charge in [0, 0.05) is 5.39 Å². The van der Waals surface area contributed by atoms with Crippen LogP contribution in [0, 0.1) is 0 Å². The molecule has 0 saturated carbocycles. The summed E-state index contributed by atoms with van der Waals surface area (Å²) in [6.45, 7) is 0. The van der Waals surface area contributed by atoms with Gasteiger partial charge in [-0.2, -0.15) is 0 Å². The van der Waals surface area contributed by atoms with E-state index in [1.165, 1.54) is 0 Å². The summed E-state index contributed by atoms with van der Waals surface area (Å²) in [6, 6.07) is 19.2. The SMILES string of the molecule is Cl.Oc1ccc(C=Cc2ccc3ccccc3n2)cc1. The number of phenols is 1. The topological polar surface area (TPSA) is 33.1 Å². The fourth-order valence-corrected chi connectivity index (χ4v) is 1.94. The number of phenolic OH excluding ortho intramolecular Hbond substituents is 1. The molecule has 1 N–H and O–H groups in total. The number of aromatic nitrogens is 1. The molecular formula is C17H14ClNO. The fourth-order valence-electron chi connectivity index (χ4n) is 1.94. The van der Waals surface area contributed by atoms with E-state index in [1.54, 1.807) is 12.1 Å². The number of fused-ring (bicyclic) bond motifs is 1. The van der Waals surface area contributed by atoms with Crippen LogP contribution in [0.4, 0.5) is 0 Å². The lowest BCUT2D eigenvalue weighted by Gasteiger charge is -1.98. The Morgan fingerprint density at radius 2 is 1.55 bits per heavy atom. The maximum Gasteiger partial charge on any atom is 0.115 e. The second-order valence-electron chi connectivity index (χ2n) is 4.35. The Morgan fingerprint density at radius 1 is 0.800 bits per heavy atom. The van der Waals surface area contributed by atoms with Crippen LogP contribution >= 0.6 is 12.4 Å². The largest absolute Gasteiger partial charge is 0.508 e. The van der Waals surface area contributed by atoms with Gasteiger partial charge >= 0.3 is 0 Å². The minimum atomic E-state index is 0. The van der Waals surface area contributed by atoms with Crippen LogP contribution in [0.25, 0.3) is 23.1 Å². The molecule has 0 aliphatic heterocycles. The molecule has 2 aromatic carbocycles. The Kier molecular flexibility index (Phi) is 4.38. The zero-order chi connectivity index (χ0) is 13.1. The molecule has 0 aliphatic carbocycles. The van der Waals surface area contributed by atoms with Crippen LogP contribution in [-0.2, 0) is 0 Å². The molecule has 0 radical (unpaired) electrons. The summed E-state index contributed by atoms with van der Waals surface area (Å²) < 4.78 is 0. The Labute approximate surface area is 123 Å². The van der Waals surface area contributed by atoms with Gasteiger partial charge in [-0.05, 0) is 35.9 Å². The predicted molar refractivity (Wildman–Crippen MR) is 86.0 cm³/mol. The van der Waals surface area contributed by atoms with Crippen molar-refractivity contribution in [1.82, 2.24) is 4.98 Å². The minimum Gasteiger partial charge on any atom is -0.508 e. The van der Waals surface area contributed by atoms with Crippen LogP contribution in [0.5, 0.6) is 5.75 Å². The van der Waals surface area contributed by atoms with Gasteiger partial charge in [-0.15, -0.1) is 12.4 Å². The second-order valence-corrected chi connectivity index (χ2v) is 4.35. The summed E-state index contributed by atoms with van der Waals surface area (Å²) in [5.41, 5.74) is 2.95. The van der Waals surface area contributed by atoms with E-state index < -0.39 is 0 Å². The van der Waals surface area contributed by atoms with Gasteiger partial charge in [-0.1, -0.05) is 42.5 Å². The molecule has 0 amide bonds. The molecule has 0 unspecified atom stereocenters. The monoisotopic (exact) mass is 283 g/mol. The molecule has 3 aromatic rings. The third-order valence-corrected chi connectivity index (χ3v) is 2.96. The van der Waals surface area contributed by atoms with Crippen molar-refractivity contribution in [1.29, 1.82) is 0 Å². The van der Waals surface area contributed by atoms with Crippen molar-refractivity contribution in [2.24, 2.45) is 0 Å². The first-order chi connectivity index (χ1) is 9.31. The Morgan fingerprint density at radius 3 is 2.35 bits per heavy atom. The molecule has 100 valence electrons. The molecule has 1 heterocycles. The number of aromatic hydroxyl groups is 1. The van der Waals surface area contributed by atoms with Gasteiger partial charge in [0.15, 0.2) is 0 Å². The van der Waals surface area contributed by atoms with Crippen molar-refractivity contribution >= 4 is 35.5 Å². The lowest BCUT2D eigenvalue weighted by molar-refractivity contribution is 0.475. The first-order valence-corrected chi connectivity index (χ1v) is 6.14. The van der Waals surface area contributed by atoms with Gasteiger partial charge in [0.1, 0.15) is 5.75 Å². The first kappa shape index (κ1) is 14.1. The normalized spacial score (nSPS) is 10.6. The number of benzene rings is 2. The third kappa shape index (κ3) is 3.16. The van der Waals surface area contributed by atoms with Crippen LogP contribution in [0.1, 0.15) is 11.3 Å². The number of para-hydroxylation sites is 1. The number of pyridine rings is 1. The van der Waals surface area contributed by atoms with Crippen molar-refractivity contribution < 1.29 is 5.11 Å². The summed E-state index contributed by atoms with van der Waals surface area (Å²) in [7, 11) is 0. The Bertz CT molecular complexity index is 735. The maximum atomic E-state index is 9.22. The first-order valence-electron chi connectivity index (χ1n) is 6.14. The minimum absolute atomic E-state index is 0. The highest BCUT2D eigenvalue weighted by Gasteiger charge is 1.94. The van der Waals surface area contributed by atoms with E-state index in [-0.39, 0.29) is 18.2 Å². The van der Waals surface area contributed by atoms with Gasteiger partial charge in [0.2, 0.25) is 0 Å². The van der Waals surface area contributed by atoms with Crippen molar-refractivity contribution in [2.45, 2.75) is 0 Å². The van der Waals surface area contributed by atoms with E-state index in [4.69, 9.17) is 0 Å². The highest BCUT2D eigenvalue weighted by molar-refractivity contribution is 5.85. The van der Waals surface area contributed by atoms with Crippen LogP contribution in [0.15, 0.2) is 60.7 Å². The van der Waals surface area contributed by atoms with E-state index in [0.29, 0.717) is 0 Å². The average Bonchev–Trinajstić information content (AvgIpc) is 2.46. The second kappa shape index (κ2) is 6.22. The molecule has 0 atom stereocenters. The third-order valence-electron chi connectivity index (χ3n) is 2.96. The van der Waals surface area contributed by atoms with Crippen molar-refractivity contribution in [3.8, 4) is 5.75 Å². The zero-order valence-corrected chi connectivity index (χ0v) is 11.5. The summed E-state index contributed by atoms with van der Waals surface area (Å²) in [5, 5.41) is 10.4. The van der Waals surface area contributed by atoms with Crippen molar-refractivity contribution in [3.63, 3.8) is 0 Å². The molecule has 0 spiro atoms. The maximum absolute atomic E-state index is 9.22. The fraction of sp³-hybridized carbons (Fsp3) is 0. The molecule has 0 saturated heterocycles. The summed E-state index contributed by atoms with van der Waals surface area (Å²) in [4.78, 5) is 4.57. The Balaban J connectivity index is 0.00000147.